The highest BCUT2D eigenvalue weighted by Crippen LogP contribution is 2.35. The van der Waals surface area contributed by atoms with Gasteiger partial charge in [0.25, 0.3) is 18.8 Å². The Labute approximate surface area is 199 Å². The molecule has 3 heterocycles. The van der Waals surface area contributed by atoms with E-state index >= 15 is 0 Å². The first-order valence-electron chi connectivity index (χ1n) is 9.70. The van der Waals surface area contributed by atoms with Crippen molar-refractivity contribution in [1.29, 1.82) is 0 Å². The summed E-state index contributed by atoms with van der Waals surface area (Å²) in [5, 5.41) is 10.0. The SMILES string of the molecule is O=C(Nc1cnn(Cc2cccc(Cl)c2)c1)c1ccc(Cn2nc(C(F)F)c(Cl)c2C(F)F)o1. The summed E-state index contributed by atoms with van der Waals surface area (Å²) in [6, 6.07) is 9.92. The number of furan rings is 1. The number of amides is 1. The molecule has 1 aromatic carbocycles. The number of nitrogens with one attached hydrogen (secondary N) is 1. The van der Waals surface area contributed by atoms with Gasteiger partial charge in [-0.05, 0) is 29.8 Å². The molecule has 0 spiro atoms. The highest BCUT2D eigenvalue weighted by atomic mass is 35.5. The predicted octanol–water partition coefficient (Wildman–Crippen LogP) is 6.20. The number of carbonyl (C=O) groups is 1. The second kappa shape index (κ2) is 9.90. The van der Waals surface area contributed by atoms with E-state index < -0.39 is 41.7 Å². The number of halogens is 6. The lowest BCUT2D eigenvalue weighted by atomic mass is 10.2. The van der Waals surface area contributed by atoms with Crippen LogP contribution in [0.1, 0.15) is 46.1 Å². The van der Waals surface area contributed by atoms with Crippen LogP contribution in [-0.2, 0) is 13.1 Å². The van der Waals surface area contributed by atoms with Crippen molar-refractivity contribution in [3.8, 4) is 0 Å². The smallest absolute Gasteiger partial charge is 0.291 e. The first-order chi connectivity index (χ1) is 16.2. The molecule has 4 aromatic rings. The van der Waals surface area contributed by atoms with Crippen LogP contribution in [0.3, 0.4) is 0 Å². The van der Waals surface area contributed by atoms with E-state index in [0.29, 0.717) is 21.9 Å². The predicted molar refractivity (Wildman–Crippen MR) is 116 cm³/mol. The minimum Gasteiger partial charge on any atom is -0.454 e. The lowest BCUT2D eigenvalue weighted by Crippen LogP contribution is -2.10. The highest BCUT2D eigenvalue weighted by Gasteiger charge is 2.28. The summed E-state index contributed by atoms with van der Waals surface area (Å²) in [4.78, 5) is 12.5. The zero-order valence-electron chi connectivity index (χ0n) is 17.1. The van der Waals surface area contributed by atoms with Gasteiger partial charge < -0.3 is 9.73 Å². The van der Waals surface area contributed by atoms with Crippen molar-refractivity contribution >= 4 is 34.8 Å². The van der Waals surface area contributed by atoms with Crippen LogP contribution in [0.4, 0.5) is 23.2 Å². The summed E-state index contributed by atoms with van der Waals surface area (Å²) >= 11 is 11.6. The van der Waals surface area contributed by atoms with Crippen molar-refractivity contribution < 1.29 is 26.8 Å². The van der Waals surface area contributed by atoms with E-state index in [-0.39, 0.29) is 11.5 Å². The minimum atomic E-state index is -3.13. The molecule has 0 fully saturated rings. The van der Waals surface area contributed by atoms with Gasteiger partial charge in [0.1, 0.15) is 17.1 Å². The quantitative estimate of drug-likeness (QED) is 0.283. The summed E-state index contributed by atoms with van der Waals surface area (Å²) in [6.07, 6.45) is -3.20. The zero-order chi connectivity index (χ0) is 24.4. The van der Waals surface area contributed by atoms with Gasteiger partial charge in [-0.3, -0.25) is 14.2 Å². The normalized spacial score (nSPS) is 11.5. The van der Waals surface area contributed by atoms with Crippen molar-refractivity contribution in [1.82, 2.24) is 19.6 Å². The third-order valence-corrected chi connectivity index (χ3v) is 5.31. The van der Waals surface area contributed by atoms with Crippen LogP contribution in [0.5, 0.6) is 0 Å². The van der Waals surface area contributed by atoms with E-state index in [4.69, 9.17) is 27.6 Å². The number of alkyl halides is 4. The molecule has 34 heavy (non-hydrogen) atoms. The van der Waals surface area contributed by atoms with Crippen LogP contribution in [0.25, 0.3) is 0 Å². The molecule has 0 bridgehead atoms. The Balaban J connectivity index is 1.43. The molecule has 0 aliphatic heterocycles. The third kappa shape index (κ3) is 5.26. The molecule has 4 rings (SSSR count). The summed E-state index contributed by atoms with van der Waals surface area (Å²) in [5.74, 6) is -0.693. The van der Waals surface area contributed by atoms with Crippen molar-refractivity contribution in [2.24, 2.45) is 0 Å². The molecule has 178 valence electrons. The number of nitrogens with zero attached hydrogens (tertiary/aromatic N) is 4. The van der Waals surface area contributed by atoms with Crippen molar-refractivity contribution in [2.75, 3.05) is 5.32 Å². The molecule has 1 amide bonds. The number of benzene rings is 1. The van der Waals surface area contributed by atoms with Crippen LogP contribution in [0, 0.1) is 0 Å². The monoisotopic (exact) mass is 515 g/mol. The number of rotatable bonds is 8. The van der Waals surface area contributed by atoms with Gasteiger partial charge >= 0.3 is 0 Å². The lowest BCUT2D eigenvalue weighted by molar-refractivity contribution is 0.0994. The lowest BCUT2D eigenvalue weighted by Gasteiger charge is -2.05. The van der Waals surface area contributed by atoms with Gasteiger partial charge in [-0.1, -0.05) is 35.3 Å². The first kappa shape index (κ1) is 23.8. The van der Waals surface area contributed by atoms with Crippen LogP contribution in [-0.4, -0.2) is 25.5 Å². The fourth-order valence-corrected chi connectivity index (χ4v) is 3.72. The maximum atomic E-state index is 13.3. The van der Waals surface area contributed by atoms with Crippen molar-refractivity contribution in [2.45, 2.75) is 25.9 Å². The largest absolute Gasteiger partial charge is 0.454 e. The average Bonchev–Trinajstić information content (AvgIpc) is 3.48. The number of hydrogen-bond acceptors (Lipinski definition) is 4. The fraction of sp³-hybridized carbons (Fsp3) is 0.190. The summed E-state index contributed by atoms with van der Waals surface area (Å²) in [6.45, 7) is 0.0117. The molecule has 0 aliphatic rings. The van der Waals surface area contributed by atoms with Gasteiger partial charge in [0.2, 0.25) is 0 Å². The van der Waals surface area contributed by atoms with E-state index in [1.54, 1.807) is 23.0 Å². The van der Waals surface area contributed by atoms with Crippen LogP contribution in [0.2, 0.25) is 10.0 Å². The van der Waals surface area contributed by atoms with E-state index in [0.717, 1.165) is 5.56 Å². The molecule has 13 heteroatoms. The van der Waals surface area contributed by atoms with Crippen molar-refractivity contribution in [3.63, 3.8) is 0 Å². The minimum absolute atomic E-state index is 0.0451. The molecule has 0 atom stereocenters. The van der Waals surface area contributed by atoms with Crippen LogP contribution in [0.15, 0.2) is 53.2 Å². The highest BCUT2D eigenvalue weighted by molar-refractivity contribution is 6.32. The molecule has 1 N–H and O–H groups in total. The van der Waals surface area contributed by atoms with Gasteiger partial charge in [-0.25, -0.2) is 17.6 Å². The Morgan fingerprint density at radius 3 is 2.59 bits per heavy atom. The molecule has 0 saturated heterocycles. The Morgan fingerprint density at radius 2 is 1.88 bits per heavy atom. The summed E-state index contributed by atoms with van der Waals surface area (Å²) in [5.41, 5.74) is -0.491. The number of hydrogen-bond donors (Lipinski definition) is 1. The fourth-order valence-electron chi connectivity index (χ4n) is 3.20. The Hall–Kier alpha value is -3.31. The zero-order valence-corrected chi connectivity index (χ0v) is 18.6. The van der Waals surface area contributed by atoms with E-state index in [9.17, 15) is 22.4 Å². The standard InChI is InChI=1S/C21H15Cl2F4N5O2/c22-12-3-1-2-11(6-12)8-31-9-13(7-28-31)29-21(33)15-5-4-14(34-15)10-32-18(20(26)27)16(23)17(30-32)19(24)25/h1-7,9,19-20H,8,10H2,(H,29,33). The van der Waals surface area contributed by atoms with E-state index in [1.165, 1.54) is 18.3 Å². The molecule has 0 unspecified atom stereocenters. The Kier molecular flexibility index (Phi) is 6.94. The van der Waals surface area contributed by atoms with E-state index in [2.05, 4.69) is 15.5 Å². The van der Waals surface area contributed by atoms with Gasteiger partial charge in [0, 0.05) is 11.2 Å². The molecular formula is C21H15Cl2F4N5O2. The van der Waals surface area contributed by atoms with Crippen LogP contribution >= 0.6 is 23.2 Å². The Morgan fingerprint density at radius 1 is 1.09 bits per heavy atom. The van der Waals surface area contributed by atoms with Gasteiger partial charge in [-0.15, -0.1) is 0 Å². The molecule has 0 saturated carbocycles. The first-order valence-corrected chi connectivity index (χ1v) is 10.5. The van der Waals surface area contributed by atoms with E-state index in [1.807, 2.05) is 12.1 Å². The number of carbonyl (C=O) groups excluding carboxylic acids is 1. The molecular weight excluding hydrogens is 501 g/mol. The average molecular weight is 516 g/mol. The topological polar surface area (TPSA) is 77.9 Å². The number of aromatic nitrogens is 4. The maximum absolute atomic E-state index is 13.3. The van der Waals surface area contributed by atoms with Crippen molar-refractivity contribution in [3.05, 3.63) is 87.3 Å². The molecule has 0 radical (unpaired) electrons. The van der Waals surface area contributed by atoms with Gasteiger partial charge in [0.15, 0.2) is 5.76 Å². The third-order valence-electron chi connectivity index (χ3n) is 4.69. The van der Waals surface area contributed by atoms with Gasteiger partial charge in [-0.2, -0.15) is 10.2 Å². The summed E-state index contributed by atoms with van der Waals surface area (Å²) < 4.78 is 60.2. The second-order valence-corrected chi connectivity index (χ2v) is 7.93. The second-order valence-electron chi connectivity index (χ2n) is 7.12. The number of anilines is 1. The Bertz CT molecular complexity index is 1320. The van der Waals surface area contributed by atoms with Gasteiger partial charge in [0.05, 0.1) is 30.0 Å². The molecule has 0 aliphatic carbocycles. The maximum Gasteiger partial charge on any atom is 0.291 e. The molecule has 7 nitrogen and oxygen atoms in total. The van der Waals surface area contributed by atoms with Crippen LogP contribution < -0.4 is 5.32 Å². The summed E-state index contributed by atoms with van der Waals surface area (Å²) in [7, 11) is 0. The molecule has 3 aromatic heterocycles.